The fourth-order valence-electron chi connectivity index (χ4n) is 4.42. The van der Waals surface area contributed by atoms with Crippen LogP contribution in [0.25, 0.3) is 16.5 Å². The summed E-state index contributed by atoms with van der Waals surface area (Å²) in [7, 11) is 1.69. The molecule has 2 aromatic rings. The number of hydrogen-bond donors (Lipinski definition) is 3. The summed E-state index contributed by atoms with van der Waals surface area (Å²) < 4.78 is 15.5. The normalized spacial score (nSPS) is 14.9. The van der Waals surface area contributed by atoms with Crippen LogP contribution in [0.2, 0.25) is 0 Å². The van der Waals surface area contributed by atoms with E-state index in [0.29, 0.717) is 35.7 Å². The lowest BCUT2D eigenvalue weighted by Crippen LogP contribution is -2.37. The Bertz CT molecular complexity index is 1330. The van der Waals surface area contributed by atoms with Crippen molar-refractivity contribution in [3.05, 3.63) is 40.3 Å². The Kier molecular flexibility index (Phi) is 7.43. The zero-order valence-electron chi connectivity index (χ0n) is 19.3. The van der Waals surface area contributed by atoms with Crippen molar-refractivity contribution >= 4 is 34.3 Å². The number of fused-ring (bicyclic) bond motifs is 1. The number of benzene rings is 1. The van der Waals surface area contributed by atoms with Gasteiger partial charge in [-0.05, 0) is 62.7 Å². The van der Waals surface area contributed by atoms with Gasteiger partial charge in [-0.15, -0.1) is 0 Å². The van der Waals surface area contributed by atoms with Crippen molar-refractivity contribution in [3.63, 3.8) is 0 Å². The summed E-state index contributed by atoms with van der Waals surface area (Å²) in [5.74, 6) is 6.99. The zero-order valence-corrected chi connectivity index (χ0v) is 19.3. The van der Waals surface area contributed by atoms with E-state index in [2.05, 4.69) is 28.7 Å². The maximum absolute atomic E-state index is 15.5. The molecule has 1 atom stereocenters. The van der Waals surface area contributed by atoms with Crippen LogP contribution >= 0.6 is 0 Å². The van der Waals surface area contributed by atoms with Gasteiger partial charge in [-0.3, -0.25) is 9.59 Å². The van der Waals surface area contributed by atoms with E-state index in [9.17, 15) is 14.4 Å². The average Bonchev–Trinajstić information content (AvgIpc) is 3.11. The van der Waals surface area contributed by atoms with Crippen LogP contribution in [0.3, 0.4) is 0 Å². The standard InChI is InChI=1S/C26H26FN3O4/c1-4-8-21(31)30(3)17-10-7-9-16(13-17)24-19(27)14-18(26(28)34)25-23(24)15(2)20(29-25)11-5-6-12-22(32)33/h9,14,17,29H,5,7,10-11,13H2,1-3H3,(H2,28,34)(H,32,33)/t17-/m0/s1. The molecule has 0 aliphatic heterocycles. The maximum atomic E-state index is 15.5. The molecule has 3 rings (SSSR count). The number of nitrogens with zero attached hydrogens (tertiary/aromatic N) is 1. The van der Waals surface area contributed by atoms with Crippen LogP contribution in [0, 0.1) is 36.4 Å². The molecule has 8 heteroatoms. The van der Waals surface area contributed by atoms with Gasteiger partial charge in [0.15, 0.2) is 0 Å². The predicted octanol–water partition coefficient (Wildman–Crippen LogP) is 3.15. The number of carbonyl (C=O) groups excluding carboxylic acids is 2. The molecule has 7 nitrogen and oxygen atoms in total. The molecule has 0 fully saturated rings. The number of primary amides is 1. The molecule has 0 saturated heterocycles. The molecule has 0 saturated carbocycles. The third kappa shape index (κ3) is 4.97. The molecular formula is C26H26FN3O4. The molecule has 34 heavy (non-hydrogen) atoms. The summed E-state index contributed by atoms with van der Waals surface area (Å²) in [5.41, 5.74) is 8.60. The lowest BCUT2D eigenvalue weighted by Gasteiger charge is -2.31. The Morgan fingerprint density at radius 1 is 1.32 bits per heavy atom. The zero-order chi connectivity index (χ0) is 25.0. The third-order valence-electron chi connectivity index (χ3n) is 6.11. The van der Waals surface area contributed by atoms with Gasteiger partial charge in [-0.2, -0.15) is 0 Å². The summed E-state index contributed by atoms with van der Waals surface area (Å²) in [6.45, 7) is 3.42. The van der Waals surface area contributed by atoms with E-state index in [1.54, 1.807) is 18.9 Å². The van der Waals surface area contributed by atoms with Crippen molar-refractivity contribution < 1.29 is 23.9 Å². The minimum Gasteiger partial charge on any atom is -0.472 e. The highest BCUT2D eigenvalue weighted by atomic mass is 19.1. The second-order valence-corrected chi connectivity index (χ2v) is 8.19. The van der Waals surface area contributed by atoms with Gasteiger partial charge in [-0.25, -0.2) is 9.18 Å². The summed E-state index contributed by atoms with van der Waals surface area (Å²) in [6, 6.07) is 1.01. The van der Waals surface area contributed by atoms with Crippen molar-refractivity contribution in [3.8, 4) is 23.7 Å². The van der Waals surface area contributed by atoms with Crippen LogP contribution in [-0.4, -0.2) is 45.9 Å². The maximum Gasteiger partial charge on any atom is 0.381 e. The number of carbonyl (C=O) groups is 3. The fourth-order valence-corrected chi connectivity index (χ4v) is 4.42. The number of amides is 2. The second kappa shape index (κ2) is 10.3. The summed E-state index contributed by atoms with van der Waals surface area (Å²) in [6.07, 6.45) is 4.48. The largest absolute Gasteiger partial charge is 0.472 e. The number of hydrogen-bond acceptors (Lipinski definition) is 3. The van der Waals surface area contributed by atoms with E-state index in [0.717, 1.165) is 29.3 Å². The van der Waals surface area contributed by atoms with Crippen molar-refractivity contribution in [1.29, 1.82) is 0 Å². The number of halogens is 1. The summed E-state index contributed by atoms with van der Waals surface area (Å²) in [4.78, 5) is 39.7. The van der Waals surface area contributed by atoms with Gasteiger partial charge in [0.25, 0.3) is 11.8 Å². The second-order valence-electron chi connectivity index (χ2n) is 8.19. The molecule has 0 spiro atoms. The Morgan fingerprint density at radius 2 is 2.06 bits per heavy atom. The Labute approximate surface area is 197 Å². The first-order valence-corrected chi connectivity index (χ1v) is 10.9. The van der Waals surface area contributed by atoms with Crippen LogP contribution in [0.4, 0.5) is 4.39 Å². The summed E-state index contributed by atoms with van der Waals surface area (Å²) in [5, 5.41) is 9.26. The van der Waals surface area contributed by atoms with Gasteiger partial charge >= 0.3 is 5.97 Å². The number of carboxylic acid groups (broad SMARTS) is 1. The van der Waals surface area contributed by atoms with Crippen LogP contribution in [0.15, 0.2) is 12.1 Å². The Hall–Kier alpha value is -4.04. The number of allylic oxidation sites excluding steroid dienone is 1. The molecule has 4 N–H and O–H groups in total. The van der Waals surface area contributed by atoms with Crippen LogP contribution in [0.5, 0.6) is 0 Å². The van der Waals surface area contributed by atoms with Crippen LogP contribution in [-0.2, 0) is 16.0 Å². The van der Waals surface area contributed by atoms with E-state index >= 15 is 4.39 Å². The molecule has 1 heterocycles. The number of rotatable bonds is 5. The van der Waals surface area contributed by atoms with Crippen molar-refractivity contribution in [2.24, 2.45) is 5.73 Å². The van der Waals surface area contributed by atoms with Gasteiger partial charge in [0.1, 0.15) is 5.82 Å². The minimum atomic E-state index is -1.21. The van der Waals surface area contributed by atoms with E-state index in [4.69, 9.17) is 10.8 Å². The van der Waals surface area contributed by atoms with E-state index < -0.39 is 17.7 Å². The SMILES string of the molecule is CC#CC(=O)N(C)[C@H]1CCC=C(c2c(F)cc(C(N)=O)c3[nH]c(CCC#CC(=O)O)c(C)c23)C1. The highest BCUT2D eigenvalue weighted by Gasteiger charge is 2.28. The Balaban J connectivity index is 2.08. The smallest absolute Gasteiger partial charge is 0.381 e. The number of nitrogens with two attached hydrogens (primary N) is 1. The van der Waals surface area contributed by atoms with Gasteiger partial charge < -0.3 is 20.7 Å². The fraction of sp³-hybridized carbons (Fsp3) is 0.346. The summed E-state index contributed by atoms with van der Waals surface area (Å²) >= 11 is 0. The van der Waals surface area contributed by atoms with Crippen molar-refractivity contribution in [2.75, 3.05) is 7.05 Å². The Morgan fingerprint density at radius 3 is 2.71 bits per heavy atom. The van der Waals surface area contributed by atoms with Crippen molar-refractivity contribution in [2.45, 2.75) is 52.0 Å². The molecule has 1 aliphatic rings. The topological polar surface area (TPSA) is 116 Å². The lowest BCUT2D eigenvalue weighted by atomic mass is 9.86. The molecule has 176 valence electrons. The van der Waals surface area contributed by atoms with E-state index in [-0.39, 0.29) is 23.9 Å². The monoisotopic (exact) mass is 463 g/mol. The quantitative estimate of drug-likeness (QED) is 0.591. The van der Waals surface area contributed by atoms with Gasteiger partial charge in [-0.1, -0.05) is 17.9 Å². The number of aromatic amines is 1. The van der Waals surface area contributed by atoms with Gasteiger partial charge in [0.2, 0.25) is 0 Å². The average molecular weight is 464 g/mol. The number of nitrogens with one attached hydrogen (secondary N) is 1. The highest BCUT2D eigenvalue weighted by molar-refractivity contribution is 6.09. The first-order chi connectivity index (χ1) is 16.1. The van der Waals surface area contributed by atoms with Crippen LogP contribution < -0.4 is 5.73 Å². The lowest BCUT2D eigenvalue weighted by molar-refractivity contribution is -0.130. The first-order valence-electron chi connectivity index (χ1n) is 10.9. The van der Waals surface area contributed by atoms with Crippen molar-refractivity contribution in [1.82, 2.24) is 9.88 Å². The number of aryl methyl sites for hydroxylation is 2. The molecular weight excluding hydrogens is 437 g/mol. The number of aromatic nitrogens is 1. The van der Waals surface area contributed by atoms with E-state index in [1.807, 2.05) is 13.0 Å². The number of H-pyrrole nitrogens is 1. The molecule has 1 aromatic carbocycles. The first kappa shape index (κ1) is 24.6. The number of carboxylic acids is 1. The molecule has 1 aliphatic carbocycles. The van der Waals surface area contributed by atoms with Gasteiger partial charge in [0.05, 0.1) is 11.1 Å². The molecule has 0 radical (unpaired) electrons. The molecule has 1 aromatic heterocycles. The van der Waals surface area contributed by atoms with Gasteiger partial charge in [0, 0.05) is 42.1 Å². The number of aliphatic carboxylic acids is 1. The van der Waals surface area contributed by atoms with Crippen LogP contribution in [0.1, 0.15) is 59.8 Å². The third-order valence-corrected chi connectivity index (χ3v) is 6.11. The molecule has 2 amide bonds. The predicted molar refractivity (Wildman–Crippen MR) is 127 cm³/mol. The minimum absolute atomic E-state index is 0.0423. The highest BCUT2D eigenvalue weighted by Crippen LogP contribution is 2.39. The van der Waals surface area contributed by atoms with E-state index in [1.165, 1.54) is 0 Å². The molecule has 0 bridgehead atoms. The molecule has 0 unspecified atom stereocenters.